The highest BCUT2D eigenvalue weighted by Gasteiger charge is 2.15. The molecule has 3 N–H and O–H groups in total. The Labute approximate surface area is 112 Å². The molecule has 0 spiro atoms. The lowest BCUT2D eigenvalue weighted by molar-refractivity contribution is 0.767. The average Bonchev–Trinajstić information content (AvgIpc) is 3.02. The number of nitrogen functional groups attached to an aromatic ring is 1. The Kier molecular flexibility index (Phi) is 2.53. The van der Waals surface area contributed by atoms with Gasteiger partial charge in [0.1, 0.15) is 0 Å². The van der Waals surface area contributed by atoms with Gasteiger partial charge in [0.25, 0.3) is 5.95 Å². The van der Waals surface area contributed by atoms with Crippen molar-refractivity contribution in [2.75, 3.05) is 5.84 Å². The minimum absolute atomic E-state index is 0.357. The van der Waals surface area contributed by atoms with Gasteiger partial charge in [-0.25, -0.2) is 5.10 Å². The van der Waals surface area contributed by atoms with E-state index in [9.17, 15) is 0 Å². The summed E-state index contributed by atoms with van der Waals surface area (Å²) in [5.74, 6) is 6.30. The number of hydrogen-bond donors (Lipinski definition) is 2. The van der Waals surface area contributed by atoms with Gasteiger partial charge in [-0.1, -0.05) is 6.07 Å². The van der Waals surface area contributed by atoms with Crippen LogP contribution in [0.2, 0.25) is 0 Å². The molecule has 0 aliphatic heterocycles. The Bertz CT molecular complexity index is 733. The van der Waals surface area contributed by atoms with Gasteiger partial charge >= 0.3 is 0 Å². The minimum atomic E-state index is 0.357. The molecule has 0 bridgehead atoms. The van der Waals surface area contributed by atoms with E-state index < -0.39 is 0 Å². The Balaban J connectivity index is 2.24. The molecule has 8 heteroatoms. The summed E-state index contributed by atoms with van der Waals surface area (Å²) in [6.07, 6.45) is 0. The van der Waals surface area contributed by atoms with Gasteiger partial charge in [0, 0.05) is 0 Å². The minimum Gasteiger partial charge on any atom is -0.334 e. The third-order valence-corrected chi connectivity index (χ3v) is 3.66. The number of hydrogen-bond acceptors (Lipinski definition) is 5. The fraction of sp³-hybridized carbons (Fsp3) is 0.100. The van der Waals surface area contributed by atoms with E-state index >= 15 is 0 Å². The van der Waals surface area contributed by atoms with Crippen molar-refractivity contribution in [3.05, 3.63) is 34.0 Å². The largest absolute Gasteiger partial charge is 0.334 e. The van der Waals surface area contributed by atoms with E-state index in [0.717, 1.165) is 16.3 Å². The normalized spacial score (nSPS) is 10.9. The van der Waals surface area contributed by atoms with Crippen LogP contribution < -0.4 is 5.84 Å². The van der Waals surface area contributed by atoms with Crippen LogP contribution in [0.4, 0.5) is 0 Å². The van der Waals surface area contributed by atoms with Crippen LogP contribution in [-0.4, -0.2) is 24.7 Å². The molecule has 0 saturated heterocycles. The predicted molar refractivity (Wildman–Crippen MR) is 72.7 cm³/mol. The van der Waals surface area contributed by atoms with Crippen molar-refractivity contribution < 1.29 is 0 Å². The molecule has 0 atom stereocenters. The second kappa shape index (κ2) is 4.07. The maximum absolute atomic E-state index is 5.83. The van der Waals surface area contributed by atoms with Crippen molar-refractivity contribution in [1.82, 2.24) is 24.7 Å². The summed E-state index contributed by atoms with van der Waals surface area (Å²) in [6, 6.07) is 6.01. The van der Waals surface area contributed by atoms with Crippen molar-refractivity contribution >= 4 is 23.6 Å². The fourth-order valence-corrected chi connectivity index (χ4v) is 2.55. The summed E-state index contributed by atoms with van der Waals surface area (Å²) < 4.78 is 3.35. The number of thiophene rings is 1. The SMILES string of the molecule is Cc1cc(-c2cccs2)n(-c2n[nH]c(=S)n2N)n1. The van der Waals surface area contributed by atoms with Gasteiger partial charge in [-0.3, -0.25) is 0 Å². The fourth-order valence-electron chi connectivity index (χ4n) is 1.70. The van der Waals surface area contributed by atoms with Gasteiger partial charge < -0.3 is 5.84 Å². The first kappa shape index (κ1) is 11.2. The number of nitrogens with two attached hydrogens (primary N) is 1. The van der Waals surface area contributed by atoms with Crippen LogP contribution in [0.25, 0.3) is 16.5 Å². The molecule has 0 amide bonds. The van der Waals surface area contributed by atoms with E-state index in [4.69, 9.17) is 18.1 Å². The molecular weight excluding hydrogens is 268 g/mol. The molecule has 92 valence electrons. The first-order valence-electron chi connectivity index (χ1n) is 5.20. The highest BCUT2D eigenvalue weighted by atomic mass is 32.1. The van der Waals surface area contributed by atoms with Crippen LogP contribution in [0, 0.1) is 11.7 Å². The highest BCUT2D eigenvalue weighted by molar-refractivity contribution is 7.71. The first-order valence-corrected chi connectivity index (χ1v) is 6.49. The van der Waals surface area contributed by atoms with Crippen LogP contribution in [0.5, 0.6) is 0 Å². The number of nitrogens with zero attached hydrogens (tertiary/aromatic N) is 4. The quantitative estimate of drug-likeness (QED) is 0.554. The third kappa shape index (κ3) is 1.66. The molecule has 0 unspecified atom stereocenters. The third-order valence-electron chi connectivity index (χ3n) is 2.48. The standard InChI is InChI=1S/C10H10N6S2/c1-6-5-7(8-3-2-4-18-8)16(14-6)9-12-13-10(17)15(9)11/h2-5H,11H2,1H3,(H,13,17). The molecule has 0 saturated carbocycles. The second-order valence-corrected chi connectivity index (χ2v) is 5.09. The van der Waals surface area contributed by atoms with E-state index in [0.29, 0.717) is 10.7 Å². The molecule has 0 aliphatic rings. The van der Waals surface area contributed by atoms with Gasteiger partial charge in [-0.15, -0.1) is 16.4 Å². The number of rotatable bonds is 2. The van der Waals surface area contributed by atoms with Crippen LogP contribution in [0.15, 0.2) is 23.6 Å². The van der Waals surface area contributed by atoms with Crippen LogP contribution in [-0.2, 0) is 0 Å². The van der Waals surface area contributed by atoms with Gasteiger partial charge in [0.05, 0.1) is 16.3 Å². The zero-order valence-corrected chi connectivity index (χ0v) is 11.1. The molecule has 0 fully saturated rings. The molecule has 3 aromatic rings. The molecule has 3 rings (SSSR count). The molecule has 0 aromatic carbocycles. The lowest BCUT2D eigenvalue weighted by Gasteiger charge is -2.03. The number of aromatic amines is 1. The summed E-state index contributed by atoms with van der Waals surface area (Å²) in [6.45, 7) is 1.93. The topological polar surface area (TPSA) is 77.5 Å². The lowest BCUT2D eigenvalue weighted by Crippen LogP contribution is -2.16. The maximum Gasteiger partial charge on any atom is 0.269 e. The van der Waals surface area contributed by atoms with Gasteiger partial charge in [0.15, 0.2) is 0 Å². The Hall–Kier alpha value is -1.93. The smallest absolute Gasteiger partial charge is 0.269 e. The monoisotopic (exact) mass is 278 g/mol. The summed E-state index contributed by atoms with van der Waals surface area (Å²) in [7, 11) is 0. The molecule has 0 aliphatic carbocycles. The van der Waals surface area contributed by atoms with Crippen molar-refractivity contribution in [3.8, 4) is 16.5 Å². The van der Waals surface area contributed by atoms with Crippen LogP contribution in [0.1, 0.15) is 5.69 Å². The first-order chi connectivity index (χ1) is 8.66. The van der Waals surface area contributed by atoms with E-state index in [1.165, 1.54) is 4.68 Å². The van der Waals surface area contributed by atoms with E-state index in [1.54, 1.807) is 16.0 Å². The summed E-state index contributed by atoms with van der Waals surface area (Å²) in [4.78, 5) is 1.10. The van der Waals surface area contributed by atoms with Crippen molar-refractivity contribution in [2.45, 2.75) is 6.92 Å². The van der Waals surface area contributed by atoms with Gasteiger partial charge in [0.2, 0.25) is 4.77 Å². The number of H-pyrrole nitrogens is 1. The van der Waals surface area contributed by atoms with Crippen molar-refractivity contribution in [3.63, 3.8) is 0 Å². The zero-order chi connectivity index (χ0) is 12.7. The molecule has 0 radical (unpaired) electrons. The summed E-state index contributed by atoms with van der Waals surface area (Å²) in [5, 5.41) is 13.2. The number of nitrogens with one attached hydrogen (secondary N) is 1. The van der Waals surface area contributed by atoms with Gasteiger partial charge in [-0.05, 0) is 36.7 Å². The number of aromatic nitrogens is 5. The van der Waals surface area contributed by atoms with Crippen LogP contribution >= 0.6 is 23.6 Å². The molecule has 3 heterocycles. The predicted octanol–water partition coefficient (Wildman–Crippen LogP) is 1.88. The van der Waals surface area contributed by atoms with Crippen LogP contribution in [0.3, 0.4) is 0 Å². The van der Waals surface area contributed by atoms with E-state index in [-0.39, 0.29) is 0 Å². The second-order valence-electron chi connectivity index (χ2n) is 3.76. The van der Waals surface area contributed by atoms with Gasteiger partial charge in [-0.2, -0.15) is 14.5 Å². The Morgan fingerprint density at radius 3 is 2.94 bits per heavy atom. The lowest BCUT2D eigenvalue weighted by atomic mass is 10.3. The average molecular weight is 278 g/mol. The zero-order valence-electron chi connectivity index (χ0n) is 9.49. The maximum atomic E-state index is 5.83. The summed E-state index contributed by atoms with van der Waals surface area (Å²) >= 11 is 6.64. The Morgan fingerprint density at radius 1 is 1.50 bits per heavy atom. The van der Waals surface area contributed by atoms with E-state index in [2.05, 4.69) is 15.3 Å². The molecule has 3 aromatic heterocycles. The molecule has 18 heavy (non-hydrogen) atoms. The van der Waals surface area contributed by atoms with E-state index in [1.807, 2.05) is 30.5 Å². The molecular formula is C10H10N6S2. The highest BCUT2D eigenvalue weighted by Crippen LogP contribution is 2.26. The molecule has 6 nitrogen and oxygen atoms in total. The van der Waals surface area contributed by atoms with Crippen molar-refractivity contribution in [2.24, 2.45) is 0 Å². The Morgan fingerprint density at radius 2 is 2.33 bits per heavy atom. The number of aryl methyl sites for hydroxylation is 1. The van der Waals surface area contributed by atoms with Crippen molar-refractivity contribution in [1.29, 1.82) is 0 Å². The summed E-state index contributed by atoms with van der Waals surface area (Å²) in [5.41, 5.74) is 1.84.